The number of hydrogen-bond donors (Lipinski definition) is 2. The molecule has 0 aliphatic heterocycles. The van der Waals surface area contributed by atoms with E-state index in [1.807, 2.05) is 0 Å². The van der Waals surface area contributed by atoms with Gasteiger partial charge in [0.1, 0.15) is 11.6 Å². The summed E-state index contributed by atoms with van der Waals surface area (Å²) in [5.74, 6) is -0.390. The lowest BCUT2D eigenvalue weighted by atomic mass is 10.1. The van der Waals surface area contributed by atoms with Crippen molar-refractivity contribution in [1.29, 1.82) is 0 Å². The molecule has 0 saturated carbocycles. The lowest BCUT2D eigenvalue weighted by molar-refractivity contribution is -0.274. The molecule has 8 heteroatoms. The van der Waals surface area contributed by atoms with Crippen LogP contribution in [0, 0.1) is 12.7 Å². The number of benzene rings is 2. The molecule has 25 heavy (non-hydrogen) atoms. The number of nitrogens with two attached hydrogens (primary N) is 1. The molecule has 0 amide bonds. The van der Waals surface area contributed by atoms with Crippen LogP contribution in [-0.2, 0) is 13.1 Å². The Hall–Kier alpha value is -2.77. The monoisotopic (exact) mass is 355 g/mol. The van der Waals surface area contributed by atoms with Gasteiger partial charge in [0.05, 0.1) is 6.54 Å². The fourth-order valence-corrected chi connectivity index (χ4v) is 2.04. The third-order valence-corrected chi connectivity index (χ3v) is 3.28. The van der Waals surface area contributed by atoms with E-state index in [0.717, 1.165) is 5.56 Å². The van der Waals surface area contributed by atoms with Gasteiger partial charge in [0.2, 0.25) is 0 Å². The van der Waals surface area contributed by atoms with E-state index in [2.05, 4.69) is 15.0 Å². The zero-order valence-corrected chi connectivity index (χ0v) is 13.4. The second-order valence-electron chi connectivity index (χ2n) is 5.33. The van der Waals surface area contributed by atoms with E-state index < -0.39 is 6.36 Å². The minimum absolute atomic E-state index is 0.178. The number of nitrogens with one attached hydrogen (secondary N) is 1. The Balaban J connectivity index is 1.86. The molecule has 0 saturated heterocycles. The SMILES string of the molecule is Cc1cc(CN=C(N)NCc2ccc(OC(F)(F)F)cc2)ccc1F. The van der Waals surface area contributed by atoms with Crippen molar-refractivity contribution >= 4 is 5.96 Å². The van der Waals surface area contributed by atoms with Crippen LogP contribution in [0.2, 0.25) is 0 Å². The number of halogens is 4. The van der Waals surface area contributed by atoms with Gasteiger partial charge in [-0.1, -0.05) is 24.3 Å². The van der Waals surface area contributed by atoms with E-state index in [1.165, 1.54) is 30.3 Å². The third-order valence-electron chi connectivity index (χ3n) is 3.28. The number of ether oxygens (including phenoxy) is 1. The van der Waals surface area contributed by atoms with Crippen LogP contribution in [0.3, 0.4) is 0 Å². The molecule has 0 heterocycles. The highest BCUT2D eigenvalue weighted by atomic mass is 19.4. The Bertz CT molecular complexity index is 743. The molecular formula is C17H17F4N3O. The molecule has 0 bridgehead atoms. The van der Waals surface area contributed by atoms with E-state index >= 15 is 0 Å². The van der Waals surface area contributed by atoms with Gasteiger partial charge in [0, 0.05) is 6.54 Å². The minimum atomic E-state index is -4.71. The Morgan fingerprint density at radius 2 is 1.76 bits per heavy atom. The molecule has 0 fully saturated rings. The van der Waals surface area contributed by atoms with Gasteiger partial charge in [-0.15, -0.1) is 13.2 Å². The first-order chi connectivity index (χ1) is 11.7. The third kappa shape index (κ3) is 6.33. The molecule has 2 rings (SSSR count). The molecule has 0 atom stereocenters. The first-order valence-corrected chi connectivity index (χ1v) is 7.36. The number of aliphatic imine (C=N–C) groups is 1. The zero-order chi connectivity index (χ0) is 18.4. The fraction of sp³-hybridized carbons (Fsp3) is 0.235. The Kier molecular flexibility index (Phi) is 5.84. The molecule has 0 unspecified atom stereocenters. The fourth-order valence-electron chi connectivity index (χ4n) is 2.04. The van der Waals surface area contributed by atoms with Crippen LogP contribution in [0.5, 0.6) is 5.75 Å². The lowest BCUT2D eigenvalue weighted by Gasteiger charge is -2.10. The summed E-state index contributed by atoms with van der Waals surface area (Å²) >= 11 is 0. The summed E-state index contributed by atoms with van der Waals surface area (Å²) in [5.41, 5.74) is 7.80. The zero-order valence-electron chi connectivity index (χ0n) is 13.4. The second kappa shape index (κ2) is 7.87. The second-order valence-corrected chi connectivity index (χ2v) is 5.33. The average molecular weight is 355 g/mol. The van der Waals surface area contributed by atoms with Crippen molar-refractivity contribution in [2.75, 3.05) is 0 Å². The van der Waals surface area contributed by atoms with Crippen molar-refractivity contribution in [1.82, 2.24) is 5.32 Å². The van der Waals surface area contributed by atoms with Crippen LogP contribution >= 0.6 is 0 Å². The molecule has 134 valence electrons. The van der Waals surface area contributed by atoms with Crippen LogP contribution < -0.4 is 15.8 Å². The van der Waals surface area contributed by atoms with Crippen molar-refractivity contribution in [2.45, 2.75) is 26.4 Å². The summed E-state index contributed by atoms with van der Waals surface area (Å²) in [5, 5.41) is 2.85. The smallest absolute Gasteiger partial charge is 0.406 e. The molecule has 0 aromatic heterocycles. The number of alkyl halides is 3. The first kappa shape index (κ1) is 18.6. The summed E-state index contributed by atoms with van der Waals surface area (Å²) in [4.78, 5) is 4.13. The van der Waals surface area contributed by atoms with Crippen molar-refractivity contribution < 1.29 is 22.3 Å². The number of guanidine groups is 1. The van der Waals surface area contributed by atoms with Gasteiger partial charge >= 0.3 is 6.36 Å². The van der Waals surface area contributed by atoms with Crippen LogP contribution in [0.1, 0.15) is 16.7 Å². The van der Waals surface area contributed by atoms with Gasteiger partial charge in [0.15, 0.2) is 5.96 Å². The predicted molar refractivity (Wildman–Crippen MR) is 86.4 cm³/mol. The Morgan fingerprint density at radius 1 is 1.12 bits per heavy atom. The maximum atomic E-state index is 13.2. The molecule has 2 aromatic rings. The lowest BCUT2D eigenvalue weighted by Crippen LogP contribution is -2.31. The molecule has 3 N–H and O–H groups in total. The van der Waals surface area contributed by atoms with Crippen molar-refractivity contribution in [3.8, 4) is 5.75 Å². The summed E-state index contributed by atoms with van der Waals surface area (Å²) in [6.07, 6.45) is -4.71. The van der Waals surface area contributed by atoms with E-state index in [4.69, 9.17) is 5.73 Å². The van der Waals surface area contributed by atoms with Crippen molar-refractivity contribution in [3.05, 3.63) is 65.0 Å². The molecular weight excluding hydrogens is 338 g/mol. The van der Waals surface area contributed by atoms with Gasteiger partial charge in [-0.05, 0) is 41.8 Å². The molecule has 4 nitrogen and oxygen atoms in total. The first-order valence-electron chi connectivity index (χ1n) is 7.36. The van der Waals surface area contributed by atoms with Crippen LogP contribution in [-0.4, -0.2) is 12.3 Å². The summed E-state index contributed by atoms with van der Waals surface area (Å²) < 4.78 is 53.2. The molecule has 0 spiro atoms. The number of rotatable bonds is 5. The number of nitrogens with zero attached hydrogens (tertiary/aromatic N) is 1. The highest BCUT2D eigenvalue weighted by Gasteiger charge is 2.30. The molecule has 0 aliphatic carbocycles. The summed E-state index contributed by atoms with van der Waals surface area (Å²) in [6.45, 7) is 2.25. The van der Waals surface area contributed by atoms with Crippen LogP contribution in [0.25, 0.3) is 0 Å². The molecule has 0 radical (unpaired) electrons. The predicted octanol–water partition coefficient (Wildman–Crippen LogP) is 3.64. The van der Waals surface area contributed by atoms with Gasteiger partial charge in [-0.3, -0.25) is 0 Å². The maximum absolute atomic E-state index is 13.2. The van der Waals surface area contributed by atoms with Crippen molar-refractivity contribution in [2.24, 2.45) is 10.7 Å². The minimum Gasteiger partial charge on any atom is -0.406 e. The highest BCUT2D eigenvalue weighted by molar-refractivity contribution is 5.77. The molecule has 0 aliphatic rings. The van der Waals surface area contributed by atoms with E-state index in [0.29, 0.717) is 17.7 Å². The van der Waals surface area contributed by atoms with Crippen molar-refractivity contribution in [3.63, 3.8) is 0 Å². The normalized spacial score (nSPS) is 12.1. The summed E-state index contributed by atoms with van der Waals surface area (Å²) in [6, 6.07) is 10.1. The topological polar surface area (TPSA) is 59.6 Å². The summed E-state index contributed by atoms with van der Waals surface area (Å²) in [7, 11) is 0. The van der Waals surface area contributed by atoms with E-state index in [-0.39, 0.29) is 24.1 Å². The van der Waals surface area contributed by atoms with Gasteiger partial charge < -0.3 is 15.8 Å². The quantitative estimate of drug-likeness (QED) is 0.489. The largest absolute Gasteiger partial charge is 0.573 e. The van der Waals surface area contributed by atoms with E-state index in [9.17, 15) is 17.6 Å². The standard InChI is InChI=1S/C17H17F4N3O/c1-11-8-13(4-7-15(11)18)10-24-16(22)23-9-12-2-5-14(6-3-12)25-17(19,20)21/h2-8H,9-10H2,1H3,(H3,22,23,24). The van der Waals surface area contributed by atoms with Gasteiger partial charge in [0.25, 0.3) is 0 Å². The number of hydrogen-bond acceptors (Lipinski definition) is 2. The van der Waals surface area contributed by atoms with Gasteiger partial charge in [-0.25, -0.2) is 9.38 Å². The van der Waals surface area contributed by atoms with Gasteiger partial charge in [-0.2, -0.15) is 0 Å². The van der Waals surface area contributed by atoms with Crippen LogP contribution in [0.4, 0.5) is 17.6 Å². The highest BCUT2D eigenvalue weighted by Crippen LogP contribution is 2.22. The average Bonchev–Trinajstić information content (AvgIpc) is 2.54. The Labute approximate surface area is 142 Å². The maximum Gasteiger partial charge on any atom is 0.573 e. The van der Waals surface area contributed by atoms with Crippen LogP contribution in [0.15, 0.2) is 47.5 Å². The molecule has 2 aromatic carbocycles. The Morgan fingerprint density at radius 3 is 2.36 bits per heavy atom. The number of aryl methyl sites for hydroxylation is 1. The van der Waals surface area contributed by atoms with E-state index in [1.54, 1.807) is 19.1 Å².